The van der Waals surface area contributed by atoms with Gasteiger partial charge in [-0.2, -0.15) is 0 Å². The van der Waals surface area contributed by atoms with E-state index in [0.29, 0.717) is 38.4 Å². The molecule has 1 saturated heterocycles. The number of hydrogen-bond donors (Lipinski definition) is 1. The molecule has 1 aromatic heterocycles. The second-order valence-corrected chi connectivity index (χ2v) is 5.83. The Morgan fingerprint density at radius 1 is 1.12 bits per heavy atom. The molecule has 1 N–H and O–H groups in total. The van der Waals surface area contributed by atoms with E-state index >= 15 is 0 Å². The lowest BCUT2D eigenvalue weighted by atomic mass is 10.3. The number of nitrogens with one attached hydrogen (secondary N) is 1. The monoisotopic (exact) mass is 347 g/mol. The van der Waals surface area contributed by atoms with Crippen molar-refractivity contribution in [3.05, 3.63) is 24.5 Å². The Morgan fingerprint density at radius 3 is 2.32 bits per heavy atom. The smallest absolute Gasteiger partial charge is 0.313 e. The van der Waals surface area contributed by atoms with Gasteiger partial charge in [-0.3, -0.25) is 24.3 Å². The molecule has 0 unspecified atom stereocenters. The van der Waals surface area contributed by atoms with Crippen LogP contribution in [0, 0.1) is 0 Å². The minimum Gasteiger partial charge on any atom is -0.338 e. The van der Waals surface area contributed by atoms with Crippen molar-refractivity contribution in [1.29, 1.82) is 0 Å². The van der Waals surface area contributed by atoms with Gasteiger partial charge in [0.2, 0.25) is 5.91 Å². The predicted octanol–water partition coefficient (Wildman–Crippen LogP) is 0.0327. The first-order valence-corrected chi connectivity index (χ1v) is 8.55. The average molecular weight is 347 g/mol. The van der Waals surface area contributed by atoms with E-state index in [4.69, 9.17) is 0 Å². The number of anilines is 1. The first kappa shape index (κ1) is 18.9. The molecule has 0 atom stereocenters. The molecule has 3 amide bonds. The van der Waals surface area contributed by atoms with Gasteiger partial charge in [-0.1, -0.05) is 13.8 Å². The fourth-order valence-corrected chi connectivity index (χ4v) is 2.66. The fraction of sp³-hybridized carbons (Fsp3) is 0.529. The van der Waals surface area contributed by atoms with Crippen molar-refractivity contribution in [3.8, 4) is 0 Å². The zero-order chi connectivity index (χ0) is 18.2. The molecule has 25 heavy (non-hydrogen) atoms. The molecule has 1 aliphatic heterocycles. The summed E-state index contributed by atoms with van der Waals surface area (Å²) in [6.07, 6.45) is 3.07. The summed E-state index contributed by atoms with van der Waals surface area (Å²) in [7, 11) is 0. The Labute approximate surface area is 147 Å². The van der Waals surface area contributed by atoms with Crippen LogP contribution in [0.1, 0.15) is 13.8 Å². The van der Waals surface area contributed by atoms with Crippen molar-refractivity contribution in [2.24, 2.45) is 0 Å². The van der Waals surface area contributed by atoms with E-state index in [1.807, 2.05) is 13.8 Å². The van der Waals surface area contributed by atoms with Crippen LogP contribution in [0.5, 0.6) is 0 Å². The second-order valence-electron chi connectivity index (χ2n) is 5.83. The molecule has 1 fully saturated rings. The molecule has 0 saturated carbocycles. The van der Waals surface area contributed by atoms with Crippen LogP contribution in [0.15, 0.2) is 24.5 Å². The van der Waals surface area contributed by atoms with Gasteiger partial charge in [0.25, 0.3) is 0 Å². The predicted molar refractivity (Wildman–Crippen MR) is 93.8 cm³/mol. The molecule has 0 radical (unpaired) electrons. The lowest BCUT2D eigenvalue weighted by Crippen LogP contribution is -2.54. The van der Waals surface area contributed by atoms with Gasteiger partial charge in [-0.05, 0) is 25.2 Å². The number of aromatic nitrogens is 1. The largest absolute Gasteiger partial charge is 0.338 e. The van der Waals surface area contributed by atoms with Crippen LogP contribution in [0.4, 0.5) is 5.69 Å². The average Bonchev–Trinajstić information content (AvgIpc) is 2.66. The molecule has 0 aromatic carbocycles. The van der Waals surface area contributed by atoms with Crippen LogP contribution < -0.4 is 5.32 Å². The maximum Gasteiger partial charge on any atom is 0.313 e. The molecule has 0 spiro atoms. The van der Waals surface area contributed by atoms with Crippen LogP contribution in [-0.4, -0.2) is 83.2 Å². The number of rotatable bonds is 5. The Hall–Kier alpha value is -2.48. The Balaban J connectivity index is 1.81. The number of pyridine rings is 1. The lowest BCUT2D eigenvalue weighted by molar-refractivity contribution is -0.146. The van der Waals surface area contributed by atoms with E-state index in [1.54, 1.807) is 23.2 Å². The van der Waals surface area contributed by atoms with Crippen molar-refractivity contribution in [1.82, 2.24) is 19.7 Å². The van der Waals surface area contributed by atoms with E-state index in [-0.39, 0.29) is 5.91 Å². The highest BCUT2D eigenvalue weighted by molar-refractivity contribution is 6.39. The number of likely N-dealkylation sites (N-methyl/N-ethyl adjacent to an activating group) is 1. The minimum atomic E-state index is -0.684. The Bertz CT molecular complexity index is 596. The van der Waals surface area contributed by atoms with Crippen molar-refractivity contribution >= 4 is 23.4 Å². The highest BCUT2D eigenvalue weighted by Crippen LogP contribution is 2.07. The summed E-state index contributed by atoms with van der Waals surface area (Å²) in [4.78, 5) is 45.7. The van der Waals surface area contributed by atoms with E-state index in [1.165, 1.54) is 11.1 Å². The van der Waals surface area contributed by atoms with Crippen molar-refractivity contribution in [3.63, 3.8) is 0 Å². The molecular formula is C17H25N5O3. The van der Waals surface area contributed by atoms with Gasteiger partial charge >= 0.3 is 11.8 Å². The van der Waals surface area contributed by atoms with E-state index in [2.05, 4.69) is 15.2 Å². The highest BCUT2D eigenvalue weighted by Gasteiger charge is 2.28. The molecule has 136 valence electrons. The number of carbonyl (C=O) groups excluding carboxylic acids is 3. The zero-order valence-corrected chi connectivity index (χ0v) is 14.8. The SMILES string of the molecule is CCN(CC)CC(=O)N1CCN(C(=O)C(=O)Nc2cccnc2)CC1. The maximum atomic E-state index is 12.3. The van der Waals surface area contributed by atoms with Crippen molar-refractivity contribution in [2.75, 3.05) is 51.1 Å². The van der Waals surface area contributed by atoms with Gasteiger partial charge in [0, 0.05) is 32.4 Å². The fourth-order valence-electron chi connectivity index (χ4n) is 2.66. The number of carbonyl (C=O) groups is 3. The summed E-state index contributed by atoms with van der Waals surface area (Å²) in [5.41, 5.74) is 0.480. The molecule has 1 aliphatic rings. The minimum absolute atomic E-state index is 0.0654. The van der Waals surface area contributed by atoms with Gasteiger partial charge in [-0.15, -0.1) is 0 Å². The molecular weight excluding hydrogens is 322 g/mol. The third-order valence-corrected chi connectivity index (χ3v) is 4.29. The van der Waals surface area contributed by atoms with Crippen LogP contribution in [0.2, 0.25) is 0 Å². The molecule has 8 nitrogen and oxygen atoms in total. The molecule has 2 rings (SSSR count). The molecule has 2 heterocycles. The van der Waals surface area contributed by atoms with Gasteiger partial charge in [0.1, 0.15) is 0 Å². The molecule has 0 aliphatic carbocycles. The highest BCUT2D eigenvalue weighted by atomic mass is 16.2. The van der Waals surface area contributed by atoms with Gasteiger partial charge in [-0.25, -0.2) is 0 Å². The van der Waals surface area contributed by atoms with E-state index in [9.17, 15) is 14.4 Å². The normalized spacial score (nSPS) is 14.5. The summed E-state index contributed by atoms with van der Waals surface area (Å²) in [6.45, 7) is 7.72. The van der Waals surface area contributed by atoms with Crippen molar-refractivity contribution < 1.29 is 14.4 Å². The van der Waals surface area contributed by atoms with Crippen molar-refractivity contribution in [2.45, 2.75) is 13.8 Å². The quantitative estimate of drug-likeness (QED) is 0.760. The second kappa shape index (κ2) is 9.12. The third kappa shape index (κ3) is 5.25. The zero-order valence-electron chi connectivity index (χ0n) is 14.8. The number of nitrogens with zero attached hydrogens (tertiary/aromatic N) is 4. The van der Waals surface area contributed by atoms with E-state index < -0.39 is 11.8 Å². The number of amides is 3. The Kier molecular flexibility index (Phi) is 6.88. The molecule has 1 aromatic rings. The van der Waals surface area contributed by atoms with Crippen LogP contribution in [0.25, 0.3) is 0 Å². The van der Waals surface area contributed by atoms with Crippen LogP contribution >= 0.6 is 0 Å². The van der Waals surface area contributed by atoms with Gasteiger partial charge in [0.15, 0.2) is 0 Å². The first-order chi connectivity index (χ1) is 12.0. The summed E-state index contributed by atoms with van der Waals surface area (Å²) in [5.74, 6) is -1.20. The topological polar surface area (TPSA) is 85.9 Å². The van der Waals surface area contributed by atoms with Gasteiger partial charge in [0.05, 0.1) is 18.4 Å². The molecule has 0 bridgehead atoms. The Morgan fingerprint density at radius 2 is 1.76 bits per heavy atom. The first-order valence-electron chi connectivity index (χ1n) is 8.55. The van der Waals surface area contributed by atoms with E-state index in [0.717, 1.165) is 13.1 Å². The summed E-state index contributed by atoms with van der Waals surface area (Å²) >= 11 is 0. The summed E-state index contributed by atoms with van der Waals surface area (Å²) in [5, 5.41) is 2.53. The number of hydrogen-bond acceptors (Lipinski definition) is 5. The van der Waals surface area contributed by atoms with Gasteiger partial charge < -0.3 is 15.1 Å². The lowest BCUT2D eigenvalue weighted by Gasteiger charge is -2.35. The third-order valence-electron chi connectivity index (χ3n) is 4.29. The molecule has 8 heteroatoms. The standard InChI is InChI=1S/C17H25N5O3/c1-3-20(4-2)13-15(23)21-8-10-22(11-9-21)17(25)16(24)19-14-6-5-7-18-12-14/h5-7,12H,3-4,8-11,13H2,1-2H3,(H,19,24). The van der Waals surface area contributed by atoms with Crippen LogP contribution in [0.3, 0.4) is 0 Å². The number of piperazine rings is 1. The summed E-state index contributed by atoms with van der Waals surface area (Å²) < 4.78 is 0. The maximum absolute atomic E-state index is 12.3. The van der Waals surface area contributed by atoms with Crippen LogP contribution in [-0.2, 0) is 14.4 Å². The summed E-state index contributed by atoms with van der Waals surface area (Å²) in [6, 6.07) is 3.35.